The third-order valence-corrected chi connectivity index (χ3v) is 3.81. The standard InChI is InChI=1S/C14H21ClN4O2/c1-18(2)14(21)9-4-12(15)13(17-6-9)19(3)8-10-5-11(20)7-16-10/h4,6,10-11,16,20H,5,7-8H2,1-3H3/t10-,11+/m0/s1. The lowest BCUT2D eigenvalue weighted by atomic mass is 10.2. The molecule has 0 spiro atoms. The van der Waals surface area contributed by atoms with Crippen LogP contribution >= 0.6 is 11.6 Å². The Bertz CT molecular complexity index is 524. The van der Waals surface area contributed by atoms with Crippen LogP contribution in [0.2, 0.25) is 5.02 Å². The number of carbonyl (C=O) groups is 1. The molecular formula is C14H21ClN4O2. The Labute approximate surface area is 129 Å². The van der Waals surface area contributed by atoms with Crippen molar-refractivity contribution in [3.05, 3.63) is 22.8 Å². The minimum absolute atomic E-state index is 0.126. The van der Waals surface area contributed by atoms with Gasteiger partial charge in [-0.3, -0.25) is 4.79 Å². The van der Waals surface area contributed by atoms with E-state index in [0.717, 1.165) is 6.42 Å². The summed E-state index contributed by atoms with van der Waals surface area (Å²) in [5.41, 5.74) is 0.469. The maximum atomic E-state index is 11.9. The van der Waals surface area contributed by atoms with Crippen molar-refractivity contribution >= 4 is 23.3 Å². The van der Waals surface area contributed by atoms with Gasteiger partial charge in [0.25, 0.3) is 5.91 Å². The normalized spacial score (nSPS) is 21.4. The summed E-state index contributed by atoms with van der Waals surface area (Å²) in [7, 11) is 5.27. The van der Waals surface area contributed by atoms with Crippen LogP contribution in [0, 0.1) is 0 Å². The second kappa shape index (κ2) is 6.60. The Hall–Kier alpha value is -1.37. The van der Waals surface area contributed by atoms with Crippen LogP contribution in [-0.2, 0) is 0 Å². The molecule has 2 N–H and O–H groups in total. The summed E-state index contributed by atoms with van der Waals surface area (Å²) in [5, 5.41) is 13.2. The van der Waals surface area contributed by atoms with Crippen molar-refractivity contribution in [2.75, 3.05) is 39.1 Å². The van der Waals surface area contributed by atoms with Gasteiger partial charge in [0.15, 0.2) is 0 Å². The minimum atomic E-state index is -0.285. The predicted molar refractivity (Wildman–Crippen MR) is 82.9 cm³/mol. The van der Waals surface area contributed by atoms with Crippen LogP contribution < -0.4 is 10.2 Å². The number of β-amino-alcohol motifs (C(OH)–C–C–N with tert-alkyl or cyclic N) is 1. The monoisotopic (exact) mass is 312 g/mol. The fraction of sp³-hybridized carbons (Fsp3) is 0.571. The van der Waals surface area contributed by atoms with Gasteiger partial charge in [0.2, 0.25) is 0 Å². The number of rotatable bonds is 4. The summed E-state index contributed by atoms with van der Waals surface area (Å²) in [4.78, 5) is 19.6. The lowest BCUT2D eigenvalue weighted by molar-refractivity contribution is 0.0827. The zero-order valence-corrected chi connectivity index (χ0v) is 13.3. The molecule has 1 saturated heterocycles. The molecule has 2 rings (SSSR count). The Morgan fingerprint density at radius 1 is 1.52 bits per heavy atom. The average Bonchev–Trinajstić information content (AvgIpc) is 2.82. The number of pyridine rings is 1. The number of nitrogens with one attached hydrogen (secondary N) is 1. The van der Waals surface area contributed by atoms with Crippen LogP contribution in [0.1, 0.15) is 16.8 Å². The summed E-state index contributed by atoms with van der Waals surface area (Å²) in [6.07, 6.45) is 1.97. The zero-order chi connectivity index (χ0) is 15.6. The Morgan fingerprint density at radius 3 is 2.76 bits per heavy atom. The second-order valence-electron chi connectivity index (χ2n) is 5.60. The van der Waals surface area contributed by atoms with Crippen molar-refractivity contribution in [3.63, 3.8) is 0 Å². The first-order valence-electron chi connectivity index (χ1n) is 6.88. The van der Waals surface area contributed by atoms with Crippen molar-refractivity contribution in [2.45, 2.75) is 18.6 Å². The third-order valence-electron chi connectivity index (χ3n) is 3.53. The van der Waals surface area contributed by atoms with E-state index in [1.54, 1.807) is 20.2 Å². The summed E-state index contributed by atoms with van der Waals surface area (Å²) < 4.78 is 0. The molecule has 1 amide bonds. The first kappa shape index (κ1) is 16.0. The highest BCUT2D eigenvalue weighted by Crippen LogP contribution is 2.24. The topological polar surface area (TPSA) is 68.7 Å². The van der Waals surface area contributed by atoms with Crippen LogP contribution in [0.4, 0.5) is 5.82 Å². The molecule has 1 aromatic heterocycles. The molecule has 1 aromatic rings. The van der Waals surface area contributed by atoms with Crippen LogP contribution in [0.5, 0.6) is 0 Å². The van der Waals surface area contributed by atoms with Crippen molar-refractivity contribution < 1.29 is 9.90 Å². The summed E-state index contributed by atoms with van der Waals surface area (Å²) in [6, 6.07) is 1.85. The molecule has 0 aliphatic carbocycles. The molecule has 0 saturated carbocycles. The van der Waals surface area contributed by atoms with Gasteiger partial charge < -0.3 is 20.2 Å². The number of amides is 1. The number of likely N-dealkylation sites (N-methyl/N-ethyl adjacent to an activating group) is 1. The SMILES string of the molecule is CN(C)C(=O)c1cnc(N(C)C[C@@H]2C[C@@H](O)CN2)c(Cl)c1. The highest BCUT2D eigenvalue weighted by atomic mass is 35.5. The molecule has 2 atom stereocenters. The van der Waals surface area contributed by atoms with Gasteiger partial charge in [0.1, 0.15) is 5.82 Å². The van der Waals surface area contributed by atoms with Crippen LogP contribution in [0.25, 0.3) is 0 Å². The Morgan fingerprint density at radius 2 is 2.24 bits per heavy atom. The molecule has 21 heavy (non-hydrogen) atoms. The number of hydrogen-bond acceptors (Lipinski definition) is 5. The fourth-order valence-electron chi connectivity index (χ4n) is 2.44. The molecule has 0 radical (unpaired) electrons. The van der Waals surface area contributed by atoms with Crippen molar-refractivity contribution in [1.82, 2.24) is 15.2 Å². The summed E-state index contributed by atoms with van der Waals surface area (Å²) >= 11 is 6.24. The fourth-order valence-corrected chi connectivity index (χ4v) is 2.75. The number of carbonyl (C=O) groups excluding carboxylic acids is 1. The van der Waals surface area contributed by atoms with E-state index in [9.17, 15) is 9.90 Å². The molecule has 0 aromatic carbocycles. The van der Waals surface area contributed by atoms with E-state index in [2.05, 4.69) is 10.3 Å². The molecule has 0 bridgehead atoms. The van der Waals surface area contributed by atoms with E-state index in [1.807, 2.05) is 11.9 Å². The highest BCUT2D eigenvalue weighted by Gasteiger charge is 2.24. The quantitative estimate of drug-likeness (QED) is 0.852. The van der Waals surface area contributed by atoms with E-state index in [4.69, 9.17) is 11.6 Å². The number of nitrogens with zero attached hydrogens (tertiary/aromatic N) is 3. The Kier molecular flexibility index (Phi) is 5.03. The zero-order valence-electron chi connectivity index (χ0n) is 12.5. The van der Waals surface area contributed by atoms with Gasteiger partial charge >= 0.3 is 0 Å². The number of hydrogen-bond donors (Lipinski definition) is 2. The molecule has 1 fully saturated rings. The molecule has 2 heterocycles. The first-order valence-corrected chi connectivity index (χ1v) is 7.26. The highest BCUT2D eigenvalue weighted by molar-refractivity contribution is 6.33. The van der Waals surface area contributed by atoms with Crippen LogP contribution in [-0.4, -0.2) is 67.3 Å². The first-order chi connectivity index (χ1) is 9.88. The van der Waals surface area contributed by atoms with Crippen molar-refractivity contribution in [1.29, 1.82) is 0 Å². The van der Waals surface area contributed by atoms with Gasteiger partial charge in [0.05, 0.1) is 16.7 Å². The molecule has 0 unspecified atom stereocenters. The van der Waals surface area contributed by atoms with E-state index in [1.165, 1.54) is 11.1 Å². The number of anilines is 1. The minimum Gasteiger partial charge on any atom is -0.392 e. The number of aliphatic hydroxyl groups excluding tert-OH is 1. The van der Waals surface area contributed by atoms with Gasteiger partial charge in [-0.25, -0.2) is 4.98 Å². The number of aliphatic hydroxyl groups is 1. The van der Waals surface area contributed by atoms with E-state index >= 15 is 0 Å². The largest absolute Gasteiger partial charge is 0.392 e. The number of halogens is 1. The predicted octanol–water partition coefficient (Wildman–Crippen LogP) is 0.596. The molecule has 1 aliphatic rings. The Balaban J connectivity index is 2.07. The van der Waals surface area contributed by atoms with Crippen molar-refractivity contribution in [3.8, 4) is 0 Å². The molecule has 116 valence electrons. The number of aromatic nitrogens is 1. The van der Waals surface area contributed by atoms with Crippen molar-refractivity contribution in [2.24, 2.45) is 0 Å². The molecule has 1 aliphatic heterocycles. The lowest BCUT2D eigenvalue weighted by Gasteiger charge is -2.23. The lowest BCUT2D eigenvalue weighted by Crippen LogP contribution is -2.35. The van der Waals surface area contributed by atoms with E-state index in [0.29, 0.717) is 29.5 Å². The van der Waals surface area contributed by atoms with Crippen LogP contribution in [0.15, 0.2) is 12.3 Å². The third kappa shape index (κ3) is 3.84. The van der Waals surface area contributed by atoms with Gasteiger partial charge in [-0.1, -0.05) is 11.6 Å². The van der Waals surface area contributed by atoms with E-state index < -0.39 is 0 Å². The van der Waals surface area contributed by atoms with Gasteiger partial charge in [-0.15, -0.1) is 0 Å². The van der Waals surface area contributed by atoms with Gasteiger partial charge in [-0.2, -0.15) is 0 Å². The summed E-state index contributed by atoms with van der Waals surface area (Å²) in [5.74, 6) is 0.509. The van der Waals surface area contributed by atoms with E-state index in [-0.39, 0.29) is 18.1 Å². The van der Waals surface area contributed by atoms with Gasteiger partial charge in [0, 0.05) is 46.5 Å². The molecule has 7 heteroatoms. The molecule has 6 nitrogen and oxygen atoms in total. The smallest absolute Gasteiger partial charge is 0.254 e. The summed E-state index contributed by atoms with van der Waals surface area (Å²) in [6.45, 7) is 1.32. The van der Waals surface area contributed by atoms with Gasteiger partial charge in [-0.05, 0) is 12.5 Å². The molecular weight excluding hydrogens is 292 g/mol. The maximum Gasteiger partial charge on any atom is 0.254 e. The maximum absolute atomic E-state index is 11.9. The second-order valence-corrected chi connectivity index (χ2v) is 6.01. The van der Waals surface area contributed by atoms with Crippen LogP contribution in [0.3, 0.4) is 0 Å². The average molecular weight is 313 g/mol.